The van der Waals surface area contributed by atoms with Gasteiger partial charge < -0.3 is 15.2 Å². The summed E-state index contributed by atoms with van der Waals surface area (Å²) < 4.78 is 4.70. The van der Waals surface area contributed by atoms with Gasteiger partial charge in [-0.1, -0.05) is 0 Å². The van der Waals surface area contributed by atoms with Crippen molar-refractivity contribution in [3.05, 3.63) is 0 Å². The predicted molar refractivity (Wildman–Crippen MR) is 56.8 cm³/mol. The molecule has 0 spiro atoms. The van der Waals surface area contributed by atoms with Gasteiger partial charge in [-0.2, -0.15) is 0 Å². The molecule has 5 nitrogen and oxygen atoms in total. The maximum absolute atomic E-state index is 11.1. The molecule has 0 aromatic carbocycles. The summed E-state index contributed by atoms with van der Waals surface area (Å²) in [6.07, 6.45) is 1.24. The quantitative estimate of drug-likeness (QED) is 0.650. The van der Waals surface area contributed by atoms with Crippen molar-refractivity contribution in [2.45, 2.75) is 32.3 Å². The zero-order valence-electron chi connectivity index (χ0n) is 9.03. The van der Waals surface area contributed by atoms with Crippen LogP contribution in [0.2, 0.25) is 0 Å². The Balaban J connectivity index is 2.38. The number of carbonyl (C=O) groups is 1. The van der Waals surface area contributed by atoms with E-state index < -0.39 is 12.1 Å². The fourth-order valence-corrected chi connectivity index (χ4v) is 1.38. The Bertz CT molecular complexity index is 241. The summed E-state index contributed by atoms with van der Waals surface area (Å²) >= 11 is 0. The van der Waals surface area contributed by atoms with E-state index >= 15 is 0 Å². The minimum Gasteiger partial charge on any atom is -0.464 e. The summed E-state index contributed by atoms with van der Waals surface area (Å²) in [6.45, 7) is 3.62. The molecule has 0 saturated carbocycles. The van der Waals surface area contributed by atoms with Crippen molar-refractivity contribution in [3.63, 3.8) is 0 Å². The molecule has 2 N–H and O–H groups in total. The molecule has 1 atom stereocenters. The Morgan fingerprint density at radius 3 is 3.20 bits per heavy atom. The number of aliphatic hydroxyl groups excluding tert-OH is 1. The van der Waals surface area contributed by atoms with Gasteiger partial charge >= 0.3 is 5.97 Å². The van der Waals surface area contributed by atoms with E-state index in [4.69, 9.17) is 4.74 Å². The second-order valence-electron chi connectivity index (χ2n) is 3.43. The van der Waals surface area contributed by atoms with E-state index in [0.717, 1.165) is 25.9 Å². The first-order valence-corrected chi connectivity index (χ1v) is 5.36. The van der Waals surface area contributed by atoms with Crippen molar-refractivity contribution < 1.29 is 14.6 Å². The number of carbonyl (C=O) groups excluding carboxylic acids is 1. The number of aliphatic hydroxyl groups is 1. The Morgan fingerprint density at radius 2 is 2.47 bits per heavy atom. The van der Waals surface area contributed by atoms with Gasteiger partial charge in [0.25, 0.3) is 0 Å². The molecule has 1 aliphatic heterocycles. The van der Waals surface area contributed by atoms with Crippen LogP contribution < -0.4 is 5.32 Å². The highest BCUT2D eigenvalue weighted by atomic mass is 16.5. The Kier molecular flexibility index (Phi) is 5.10. The van der Waals surface area contributed by atoms with Gasteiger partial charge in [0.2, 0.25) is 0 Å². The fraction of sp³-hybridized carbons (Fsp3) is 0.800. The first-order valence-electron chi connectivity index (χ1n) is 5.36. The first-order chi connectivity index (χ1) is 7.24. The number of hydrogen-bond acceptors (Lipinski definition) is 5. The van der Waals surface area contributed by atoms with Crippen molar-refractivity contribution in [1.29, 1.82) is 0 Å². The zero-order valence-corrected chi connectivity index (χ0v) is 9.03. The molecular formula is C10H18N2O3. The number of amidine groups is 1. The van der Waals surface area contributed by atoms with Gasteiger partial charge in [0, 0.05) is 19.5 Å². The Morgan fingerprint density at radius 1 is 1.67 bits per heavy atom. The van der Waals surface area contributed by atoms with E-state index in [0.29, 0.717) is 5.84 Å². The van der Waals surface area contributed by atoms with Crippen molar-refractivity contribution in [2.24, 2.45) is 4.99 Å². The third-order valence-electron chi connectivity index (χ3n) is 2.16. The summed E-state index contributed by atoms with van der Waals surface area (Å²) in [4.78, 5) is 15.4. The third-order valence-corrected chi connectivity index (χ3v) is 2.16. The molecule has 0 amide bonds. The smallest absolute Gasteiger partial charge is 0.335 e. The second-order valence-corrected chi connectivity index (χ2v) is 3.43. The molecule has 0 bridgehead atoms. The van der Waals surface area contributed by atoms with Crippen molar-refractivity contribution in [1.82, 2.24) is 5.32 Å². The van der Waals surface area contributed by atoms with Crippen LogP contribution in [-0.2, 0) is 9.53 Å². The van der Waals surface area contributed by atoms with Gasteiger partial charge in [0.05, 0.1) is 12.4 Å². The highest BCUT2D eigenvalue weighted by Crippen LogP contribution is 2.01. The van der Waals surface area contributed by atoms with Crippen LogP contribution in [0.15, 0.2) is 4.99 Å². The standard InChI is InChI=1S/C10H18N2O3/c1-2-15-10(14)8(13)7-9-11-5-3-4-6-12-9/h8,13H,2-7H2,1H3,(H,11,12). The van der Waals surface area contributed by atoms with E-state index in [1.165, 1.54) is 0 Å². The average Bonchev–Trinajstić information content (AvgIpc) is 2.46. The van der Waals surface area contributed by atoms with E-state index in [1.54, 1.807) is 6.92 Å². The molecule has 86 valence electrons. The van der Waals surface area contributed by atoms with Crippen LogP contribution in [0.3, 0.4) is 0 Å². The van der Waals surface area contributed by atoms with Crippen LogP contribution in [0, 0.1) is 0 Å². The minimum atomic E-state index is -1.10. The number of nitrogens with one attached hydrogen (secondary N) is 1. The number of rotatable bonds is 4. The average molecular weight is 214 g/mol. The zero-order chi connectivity index (χ0) is 11.1. The van der Waals surface area contributed by atoms with Crippen LogP contribution in [0.1, 0.15) is 26.2 Å². The van der Waals surface area contributed by atoms with Crippen molar-refractivity contribution in [2.75, 3.05) is 19.7 Å². The maximum atomic E-state index is 11.1. The molecule has 1 unspecified atom stereocenters. The molecule has 0 aliphatic carbocycles. The van der Waals surface area contributed by atoms with Crippen LogP contribution in [0.4, 0.5) is 0 Å². The second kappa shape index (κ2) is 6.40. The molecular weight excluding hydrogens is 196 g/mol. The molecule has 0 aromatic heterocycles. The lowest BCUT2D eigenvalue weighted by Gasteiger charge is -2.11. The summed E-state index contributed by atoms with van der Waals surface area (Å²) in [5.74, 6) is 0.124. The summed E-state index contributed by atoms with van der Waals surface area (Å²) in [5, 5.41) is 12.6. The lowest BCUT2D eigenvalue weighted by Crippen LogP contribution is -2.32. The van der Waals surface area contributed by atoms with Gasteiger partial charge in [-0.25, -0.2) is 4.79 Å². The lowest BCUT2D eigenvalue weighted by atomic mass is 10.2. The minimum absolute atomic E-state index is 0.221. The number of hydrogen-bond donors (Lipinski definition) is 2. The van der Waals surface area contributed by atoms with Gasteiger partial charge in [0.15, 0.2) is 6.10 Å². The number of esters is 1. The summed E-state index contributed by atoms with van der Waals surface area (Å²) in [7, 11) is 0. The SMILES string of the molecule is CCOC(=O)C(O)CC1=NCCCCN1. The van der Waals surface area contributed by atoms with Crippen LogP contribution >= 0.6 is 0 Å². The van der Waals surface area contributed by atoms with Gasteiger partial charge in [-0.05, 0) is 19.8 Å². The van der Waals surface area contributed by atoms with Crippen LogP contribution in [0.5, 0.6) is 0 Å². The topological polar surface area (TPSA) is 70.9 Å². The van der Waals surface area contributed by atoms with Crippen LogP contribution in [0.25, 0.3) is 0 Å². The van der Waals surface area contributed by atoms with Gasteiger partial charge in [0.1, 0.15) is 0 Å². The molecule has 15 heavy (non-hydrogen) atoms. The van der Waals surface area contributed by atoms with E-state index in [1.807, 2.05) is 0 Å². The number of nitrogens with zero attached hydrogens (tertiary/aromatic N) is 1. The number of ether oxygens (including phenoxy) is 1. The van der Waals surface area contributed by atoms with E-state index in [2.05, 4.69) is 10.3 Å². The van der Waals surface area contributed by atoms with E-state index in [9.17, 15) is 9.90 Å². The predicted octanol–water partition coefficient (Wildman–Crippen LogP) is 0.0824. The van der Waals surface area contributed by atoms with Crippen molar-refractivity contribution in [3.8, 4) is 0 Å². The Hall–Kier alpha value is -1.10. The van der Waals surface area contributed by atoms with Crippen molar-refractivity contribution >= 4 is 11.8 Å². The molecule has 1 heterocycles. The van der Waals surface area contributed by atoms with Gasteiger partial charge in [-0.3, -0.25) is 4.99 Å². The lowest BCUT2D eigenvalue weighted by molar-refractivity contribution is -0.152. The largest absolute Gasteiger partial charge is 0.464 e. The molecule has 1 rings (SSSR count). The highest BCUT2D eigenvalue weighted by molar-refractivity contribution is 5.88. The molecule has 5 heteroatoms. The molecule has 0 fully saturated rings. The summed E-state index contributed by atoms with van der Waals surface area (Å²) in [6, 6.07) is 0. The van der Waals surface area contributed by atoms with Gasteiger partial charge in [-0.15, -0.1) is 0 Å². The first kappa shape index (κ1) is 12.0. The van der Waals surface area contributed by atoms with E-state index in [-0.39, 0.29) is 13.0 Å². The monoisotopic (exact) mass is 214 g/mol. The Labute approximate surface area is 89.5 Å². The molecule has 1 aliphatic rings. The molecule has 0 aromatic rings. The highest BCUT2D eigenvalue weighted by Gasteiger charge is 2.19. The number of aliphatic imine (C=N–C) groups is 1. The maximum Gasteiger partial charge on any atom is 0.335 e. The molecule has 0 saturated heterocycles. The normalized spacial score (nSPS) is 18.4. The molecule has 0 radical (unpaired) electrons. The fourth-order valence-electron chi connectivity index (χ4n) is 1.38. The summed E-state index contributed by atoms with van der Waals surface area (Å²) in [5.41, 5.74) is 0. The van der Waals surface area contributed by atoms with Crippen LogP contribution in [-0.4, -0.2) is 42.7 Å². The third kappa shape index (κ3) is 4.29.